The summed E-state index contributed by atoms with van der Waals surface area (Å²) in [6.45, 7) is 3.46. The average molecular weight is 281 g/mol. The van der Waals surface area contributed by atoms with Crippen LogP contribution in [0.25, 0.3) is 10.9 Å². The van der Waals surface area contributed by atoms with Crippen LogP contribution in [0.2, 0.25) is 0 Å². The lowest BCUT2D eigenvalue weighted by molar-refractivity contribution is -0.114. The summed E-state index contributed by atoms with van der Waals surface area (Å²) >= 11 is 0. The first-order valence-corrected chi connectivity index (χ1v) is 6.61. The van der Waals surface area contributed by atoms with Crippen LogP contribution in [0.1, 0.15) is 12.5 Å². The summed E-state index contributed by atoms with van der Waals surface area (Å²) in [4.78, 5) is 18.5. The van der Waals surface area contributed by atoms with Crippen molar-refractivity contribution in [3.63, 3.8) is 0 Å². The molecule has 0 radical (unpaired) electrons. The molecule has 0 spiro atoms. The highest BCUT2D eigenvalue weighted by Gasteiger charge is 2.07. The first-order valence-electron chi connectivity index (χ1n) is 6.61. The average Bonchev–Trinajstić information content (AvgIpc) is 2.83. The molecule has 2 N–H and O–H groups in total. The van der Waals surface area contributed by atoms with Crippen molar-refractivity contribution >= 4 is 22.5 Å². The molecule has 0 fully saturated rings. The molecule has 0 bridgehead atoms. The van der Waals surface area contributed by atoms with E-state index in [1.165, 1.54) is 6.92 Å². The van der Waals surface area contributed by atoms with Gasteiger partial charge in [0.15, 0.2) is 0 Å². The van der Waals surface area contributed by atoms with Crippen LogP contribution in [-0.4, -0.2) is 15.9 Å². The predicted octanol–water partition coefficient (Wildman–Crippen LogP) is 3.62. The molecule has 0 aliphatic rings. The lowest BCUT2D eigenvalue weighted by atomic mass is 10.2. The number of pyridine rings is 1. The van der Waals surface area contributed by atoms with E-state index in [1.54, 1.807) is 12.4 Å². The molecule has 5 nitrogen and oxygen atoms in total. The molecule has 0 aliphatic carbocycles. The summed E-state index contributed by atoms with van der Waals surface area (Å²) in [5, 5.41) is 3.68. The molecule has 2 aromatic heterocycles. The number of H-pyrrole nitrogens is 1. The van der Waals surface area contributed by atoms with Crippen molar-refractivity contribution < 1.29 is 9.53 Å². The predicted molar refractivity (Wildman–Crippen MR) is 81.7 cm³/mol. The number of carbonyl (C=O) groups excluding carboxylic acids is 1. The minimum Gasteiger partial charge on any atom is -0.439 e. The lowest BCUT2D eigenvalue weighted by Gasteiger charge is -2.06. The number of carbonyl (C=O) groups is 1. The number of rotatable bonds is 3. The van der Waals surface area contributed by atoms with Gasteiger partial charge < -0.3 is 15.0 Å². The molecule has 1 aromatic carbocycles. The van der Waals surface area contributed by atoms with Gasteiger partial charge >= 0.3 is 0 Å². The van der Waals surface area contributed by atoms with Crippen molar-refractivity contribution in [3.05, 3.63) is 48.3 Å². The highest BCUT2D eigenvalue weighted by atomic mass is 16.5. The van der Waals surface area contributed by atoms with Gasteiger partial charge in [0, 0.05) is 36.3 Å². The van der Waals surface area contributed by atoms with E-state index in [9.17, 15) is 4.79 Å². The molecule has 21 heavy (non-hydrogen) atoms. The lowest BCUT2D eigenvalue weighted by Crippen LogP contribution is -2.04. The zero-order valence-corrected chi connectivity index (χ0v) is 11.8. The number of aryl methyl sites for hydroxylation is 1. The van der Waals surface area contributed by atoms with Crippen LogP contribution in [-0.2, 0) is 4.79 Å². The van der Waals surface area contributed by atoms with Gasteiger partial charge in [-0.25, -0.2) is 4.98 Å². The number of ether oxygens (including phenoxy) is 1. The molecular formula is C16H15N3O2. The van der Waals surface area contributed by atoms with Crippen LogP contribution in [0.15, 0.2) is 42.7 Å². The minimum absolute atomic E-state index is 0.109. The second-order valence-corrected chi connectivity index (χ2v) is 4.87. The van der Waals surface area contributed by atoms with Crippen molar-refractivity contribution in [1.29, 1.82) is 0 Å². The molecule has 0 saturated heterocycles. The molecule has 5 heteroatoms. The van der Waals surface area contributed by atoms with Crippen LogP contribution in [0.5, 0.6) is 11.6 Å². The zero-order valence-electron chi connectivity index (χ0n) is 11.8. The minimum atomic E-state index is -0.109. The Morgan fingerprint density at radius 3 is 2.86 bits per heavy atom. The van der Waals surface area contributed by atoms with E-state index in [2.05, 4.69) is 15.3 Å². The molecule has 3 rings (SSSR count). The fourth-order valence-electron chi connectivity index (χ4n) is 2.09. The van der Waals surface area contributed by atoms with Gasteiger partial charge in [0.1, 0.15) is 5.75 Å². The molecule has 3 aromatic rings. The van der Waals surface area contributed by atoms with E-state index >= 15 is 0 Å². The number of nitrogens with one attached hydrogen (secondary N) is 2. The largest absolute Gasteiger partial charge is 0.439 e. The molecule has 2 heterocycles. The molecular weight excluding hydrogens is 266 g/mol. The first-order chi connectivity index (χ1) is 10.1. The van der Waals surface area contributed by atoms with Crippen molar-refractivity contribution in [2.75, 3.05) is 5.32 Å². The van der Waals surface area contributed by atoms with Gasteiger partial charge in [0.25, 0.3) is 0 Å². The normalized spacial score (nSPS) is 10.6. The smallest absolute Gasteiger partial charge is 0.221 e. The van der Waals surface area contributed by atoms with E-state index < -0.39 is 0 Å². The van der Waals surface area contributed by atoms with Gasteiger partial charge in [0.05, 0.1) is 5.69 Å². The topological polar surface area (TPSA) is 67.0 Å². The van der Waals surface area contributed by atoms with E-state index in [0.717, 1.165) is 22.2 Å². The third kappa shape index (κ3) is 2.86. The van der Waals surface area contributed by atoms with Gasteiger partial charge in [-0.3, -0.25) is 4.79 Å². The van der Waals surface area contributed by atoms with Crippen molar-refractivity contribution in [2.24, 2.45) is 0 Å². The highest BCUT2D eigenvalue weighted by Crippen LogP contribution is 2.29. The van der Waals surface area contributed by atoms with Crippen molar-refractivity contribution in [1.82, 2.24) is 9.97 Å². The fraction of sp³-hybridized carbons (Fsp3) is 0.125. The molecule has 0 atom stereocenters. The van der Waals surface area contributed by atoms with Crippen LogP contribution >= 0.6 is 0 Å². The quantitative estimate of drug-likeness (QED) is 0.770. The Morgan fingerprint density at radius 1 is 1.29 bits per heavy atom. The van der Waals surface area contributed by atoms with Crippen LogP contribution in [0.3, 0.4) is 0 Å². The van der Waals surface area contributed by atoms with Crippen LogP contribution < -0.4 is 10.1 Å². The monoisotopic (exact) mass is 281 g/mol. The summed E-state index contributed by atoms with van der Waals surface area (Å²) in [6.07, 6.45) is 3.52. The first kappa shape index (κ1) is 13.2. The third-order valence-electron chi connectivity index (χ3n) is 3.07. The Bertz CT molecular complexity index is 791. The van der Waals surface area contributed by atoms with E-state index in [4.69, 9.17) is 4.74 Å². The van der Waals surface area contributed by atoms with Crippen molar-refractivity contribution in [3.8, 4) is 11.6 Å². The summed E-state index contributed by atoms with van der Waals surface area (Å²) in [7, 11) is 0. The van der Waals surface area contributed by atoms with Crippen molar-refractivity contribution in [2.45, 2.75) is 13.8 Å². The Labute approximate surface area is 122 Å². The van der Waals surface area contributed by atoms with Gasteiger partial charge in [-0.2, -0.15) is 0 Å². The maximum atomic E-state index is 11.2. The summed E-state index contributed by atoms with van der Waals surface area (Å²) < 4.78 is 5.73. The van der Waals surface area contributed by atoms with Crippen LogP contribution in [0.4, 0.5) is 5.69 Å². The molecule has 1 amide bonds. The second kappa shape index (κ2) is 5.28. The second-order valence-electron chi connectivity index (χ2n) is 4.87. The maximum Gasteiger partial charge on any atom is 0.221 e. The standard InChI is InChI=1S/C16H15N3O2/c1-10-3-6-16(18-8-10)21-12-4-5-14-13(7-12)15(9-17-14)19-11(2)20/h3-9,17H,1-2H3,(H,19,20). The number of aromatic amines is 1. The number of aromatic nitrogens is 2. The third-order valence-corrected chi connectivity index (χ3v) is 3.07. The number of benzene rings is 1. The van der Waals surface area contributed by atoms with Gasteiger partial charge in [-0.1, -0.05) is 6.07 Å². The van der Waals surface area contributed by atoms with Gasteiger partial charge in [-0.15, -0.1) is 0 Å². The number of anilines is 1. The Kier molecular flexibility index (Phi) is 3.31. The Morgan fingerprint density at radius 2 is 2.14 bits per heavy atom. The number of hydrogen-bond donors (Lipinski definition) is 2. The molecule has 0 saturated carbocycles. The number of nitrogens with zero attached hydrogens (tertiary/aromatic N) is 1. The molecule has 0 unspecified atom stereocenters. The fourth-order valence-corrected chi connectivity index (χ4v) is 2.09. The van der Waals surface area contributed by atoms with E-state index in [-0.39, 0.29) is 5.91 Å². The Balaban J connectivity index is 1.92. The number of hydrogen-bond acceptors (Lipinski definition) is 3. The summed E-state index contributed by atoms with van der Waals surface area (Å²) in [6, 6.07) is 9.41. The number of amides is 1. The van der Waals surface area contributed by atoms with Crippen LogP contribution in [0, 0.1) is 6.92 Å². The van der Waals surface area contributed by atoms with Gasteiger partial charge in [-0.05, 0) is 30.7 Å². The van der Waals surface area contributed by atoms with Gasteiger partial charge in [0.2, 0.25) is 11.8 Å². The number of fused-ring (bicyclic) bond motifs is 1. The maximum absolute atomic E-state index is 11.2. The Hall–Kier alpha value is -2.82. The summed E-state index contributed by atoms with van der Waals surface area (Å²) in [5.41, 5.74) is 2.75. The highest BCUT2D eigenvalue weighted by molar-refractivity contribution is 6.01. The SMILES string of the molecule is CC(=O)Nc1c[nH]c2ccc(Oc3ccc(C)cn3)cc12. The molecule has 0 aliphatic heterocycles. The summed E-state index contributed by atoms with van der Waals surface area (Å²) in [5.74, 6) is 1.10. The van der Waals surface area contributed by atoms with E-state index in [0.29, 0.717) is 11.6 Å². The van der Waals surface area contributed by atoms with E-state index in [1.807, 2.05) is 37.3 Å². The molecule has 106 valence electrons. The zero-order chi connectivity index (χ0) is 14.8.